The average Bonchev–Trinajstić information content (AvgIpc) is 2.27. The molecule has 1 aromatic rings. The molecule has 0 amide bonds. The molecule has 0 saturated heterocycles. The maximum absolute atomic E-state index is 13.1. The minimum Gasteiger partial charge on any atom is -0.389 e. The molecule has 0 aromatic heterocycles. The van der Waals surface area contributed by atoms with Crippen molar-refractivity contribution in [1.82, 2.24) is 0 Å². The Bertz CT molecular complexity index is 416. The van der Waals surface area contributed by atoms with Crippen LogP contribution in [-0.2, 0) is 0 Å². The van der Waals surface area contributed by atoms with Gasteiger partial charge in [-0.25, -0.2) is 4.39 Å². The fourth-order valence-corrected chi connectivity index (χ4v) is 1.50. The van der Waals surface area contributed by atoms with Crippen molar-refractivity contribution in [3.63, 3.8) is 0 Å². The number of benzene rings is 1. The largest absolute Gasteiger partial charge is 0.389 e. The standard InChI is InChI=1S/C13H19FN2S/c1-4-13(2,3)8-16-11-6-5-9(14)7-10(11)12(15)17/h5-7,16H,4,8H2,1-3H3,(H2,15,17). The zero-order valence-electron chi connectivity index (χ0n) is 10.5. The van der Waals surface area contributed by atoms with E-state index in [0.29, 0.717) is 5.56 Å². The van der Waals surface area contributed by atoms with E-state index in [1.165, 1.54) is 12.1 Å². The van der Waals surface area contributed by atoms with Crippen LogP contribution in [0.1, 0.15) is 32.8 Å². The molecule has 0 aliphatic carbocycles. The van der Waals surface area contributed by atoms with Gasteiger partial charge in [0.2, 0.25) is 0 Å². The molecule has 1 rings (SSSR count). The first-order chi connectivity index (χ1) is 7.85. The van der Waals surface area contributed by atoms with Crippen LogP contribution in [0, 0.1) is 11.2 Å². The van der Waals surface area contributed by atoms with Gasteiger partial charge in [-0.3, -0.25) is 0 Å². The number of rotatable bonds is 5. The molecule has 0 unspecified atom stereocenters. The summed E-state index contributed by atoms with van der Waals surface area (Å²) in [5, 5.41) is 3.28. The molecule has 0 radical (unpaired) electrons. The van der Waals surface area contributed by atoms with Gasteiger partial charge in [0.05, 0.1) is 0 Å². The van der Waals surface area contributed by atoms with Gasteiger partial charge in [-0.05, 0) is 30.0 Å². The number of hydrogen-bond acceptors (Lipinski definition) is 2. The molecule has 0 heterocycles. The molecule has 2 nitrogen and oxygen atoms in total. The number of hydrogen-bond donors (Lipinski definition) is 2. The summed E-state index contributed by atoms with van der Waals surface area (Å²) in [7, 11) is 0. The van der Waals surface area contributed by atoms with E-state index in [9.17, 15) is 4.39 Å². The average molecular weight is 254 g/mol. The van der Waals surface area contributed by atoms with Gasteiger partial charge >= 0.3 is 0 Å². The van der Waals surface area contributed by atoms with Crippen molar-refractivity contribution in [2.24, 2.45) is 11.1 Å². The van der Waals surface area contributed by atoms with Crippen molar-refractivity contribution in [2.75, 3.05) is 11.9 Å². The molecule has 17 heavy (non-hydrogen) atoms. The summed E-state index contributed by atoms with van der Waals surface area (Å²) in [5.41, 5.74) is 7.12. The van der Waals surface area contributed by atoms with Crippen molar-refractivity contribution in [1.29, 1.82) is 0 Å². The fourth-order valence-electron chi connectivity index (χ4n) is 1.33. The van der Waals surface area contributed by atoms with Crippen LogP contribution in [0.3, 0.4) is 0 Å². The Morgan fingerprint density at radius 3 is 2.65 bits per heavy atom. The summed E-state index contributed by atoms with van der Waals surface area (Å²) in [4.78, 5) is 0.210. The Hall–Kier alpha value is -1.16. The molecule has 3 N–H and O–H groups in total. The predicted octanol–water partition coefficient (Wildman–Crippen LogP) is 3.31. The van der Waals surface area contributed by atoms with Gasteiger partial charge in [-0.1, -0.05) is 33.0 Å². The Balaban J connectivity index is 2.88. The van der Waals surface area contributed by atoms with E-state index >= 15 is 0 Å². The second-order valence-corrected chi connectivity index (χ2v) is 5.37. The summed E-state index contributed by atoms with van der Waals surface area (Å²) < 4.78 is 13.1. The monoisotopic (exact) mass is 254 g/mol. The normalized spacial score (nSPS) is 11.3. The van der Waals surface area contributed by atoms with Crippen LogP contribution in [0.4, 0.5) is 10.1 Å². The molecule has 94 valence electrons. The van der Waals surface area contributed by atoms with Gasteiger partial charge in [0.25, 0.3) is 0 Å². The van der Waals surface area contributed by atoms with Gasteiger partial charge in [0.1, 0.15) is 10.8 Å². The van der Waals surface area contributed by atoms with Crippen LogP contribution in [0.5, 0.6) is 0 Å². The third kappa shape index (κ3) is 3.97. The van der Waals surface area contributed by atoms with Crippen LogP contribution >= 0.6 is 12.2 Å². The second-order valence-electron chi connectivity index (χ2n) is 4.93. The summed E-state index contributed by atoms with van der Waals surface area (Å²) in [6.07, 6.45) is 1.06. The molecule has 0 aliphatic rings. The topological polar surface area (TPSA) is 38.0 Å². The summed E-state index contributed by atoms with van der Waals surface area (Å²) in [6.45, 7) is 7.28. The van der Waals surface area contributed by atoms with E-state index in [1.54, 1.807) is 6.07 Å². The minimum absolute atomic E-state index is 0.182. The Morgan fingerprint density at radius 2 is 2.12 bits per heavy atom. The van der Waals surface area contributed by atoms with Gasteiger partial charge in [0, 0.05) is 17.8 Å². The highest BCUT2D eigenvalue weighted by atomic mass is 32.1. The summed E-state index contributed by atoms with van der Waals surface area (Å²) in [6, 6.07) is 4.45. The van der Waals surface area contributed by atoms with Crippen molar-refractivity contribution in [2.45, 2.75) is 27.2 Å². The smallest absolute Gasteiger partial charge is 0.124 e. The molecule has 0 spiro atoms. The van der Waals surface area contributed by atoms with E-state index < -0.39 is 0 Å². The quantitative estimate of drug-likeness (QED) is 0.792. The number of nitrogens with one attached hydrogen (secondary N) is 1. The van der Waals surface area contributed by atoms with Gasteiger partial charge in [-0.2, -0.15) is 0 Å². The van der Waals surface area contributed by atoms with Gasteiger partial charge < -0.3 is 11.1 Å². The van der Waals surface area contributed by atoms with Crippen molar-refractivity contribution >= 4 is 22.9 Å². The van der Waals surface area contributed by atoms with E-state index in [4.69, 9.17) is 18.0 Å². The molecule has 0 bridgehead atoms. The van der Waals surface area contributed by atoms with Crippen LogP contribution in [0.2, 0.25) is 0 Å². The van der Waals surface area contributed by atoms with Gasteiger partial charge in [0.15, 0.2) is 0 Å². The Kier molecular flexibility index (Phi) is 4.46. The molecule has 0 fully saturated rings. The maximum atomic E-state index is 13.1. The third-order valence-electron chi connectivity index (χ3n) is 2.96. The number of nitrogens with two attached hydrogens (primary N) is 1. The lowest BCUT2D eigenvalue weighted by atomic mass is 9.90. The highest BCUT2D eigenvalue weighted by molar-refractivity contribution is 7.80. The predicted molar refractivity (Wildman–Crippen MR) is 74.8 cm³/mol. The van der Waals surface area contributed by atoms with Crippen LogP contribution in [0.15, 0.2) is 18.2 Å². The molecule has 1 aromatic carbocycles. The summed E-state index contributed by atoms with van der Waals surface area (Å²) >= 11 is 4.92. The molecule has 0 aliphatic heterocycles. The first kappa shape index (κ1) is 13.9. The van der Waals surface area contributed by atoms with Crippen LogP contribution < -0.4 is 11.1 Å². The lowest BCUT2D eigenvalue weighted by Crippen LogP contribution is -2.23. The Labute approximate surface area is 107 Å². The number of halogens is 1. The highest BCUT2D eigenvalue weighted by Crippen LogP contribution is 2.23. The Morgan fingerprint density at radius 1 is 1.47 bits per heavy atom. The lowest BCUT2D eigenvalue weighted by Gasteiger charge is -2.24. The van der Waals surface area contributed by atoms with E-state index in [0.717, 1.165) is 18.7 Å². The lowest BCUT2D eigenvalue weighted by molar-refractivity contribution is 0.377. The van der Waals surface area contributed by atoms with Gasteiger partial charge in [-0.15, -0.1) is 0 Å². The minimum atomic E-state index is -0.326. The fraction of sp³-hybridized carbons (Fsp3) is 0.462. The van der Waals surface area contributed by atoms with E-state index in [2.05, 4.69) is 26.1 Å². The molecule has 4 heteroatoms. The molecule has 0 atom stereocenters. The van der Waals surface area contributed by atoms with Crippen LogP contribution in [0.25, 0.3) is 0 Å². The summed E-state index contributed by atoms with van der Waals surface area (Å²) in [5.74, 6) is -0.326. The first-order valence-electron chi connectivity index (χ1n) is 5.69. The van der Waals surface area contributed by atoms with Crippen molar-refractivity contribution in [3.05, 3.63) is 29.6 Å². The van der Waals surface area contributed by atoms with Crippen molar-refractivity contribution < 1.29 is 4.39 Å². The highest BCUT2D eigenvalue weighted by Gasteiger charge is 2.15. The SMILES string of the molecule is CCC(C)(C)CNc1ccc(F)cc1C(N)=S. The van der Waals surface area contributed by atoms with E-state index in [-0.39, 0.29) is 16.2 Å². The number of anilines is 1. The third-order valence-corrected chi connectivity index (χ3v) is 3.18. The van der Waals surface area contributed by atoms with Crippen LogP contribution in [-0.4, -0.2) is 11.5 Å². The maximum Gasteiger partial charge on any atom is 0.124 e. The van der Waals surface area contributed by atoms with Crippen molar-refractivity contribution in [3.8, 4) is 0 Å². The molecular weight excluding hydrogens is 235 g/mol. The first-order valence-corrected chi connectivity index (χ1v) is 6.10. The molecular formula is C13H19FN2S. The second kappa shape index (κ2) is 5.45. The zero-order chi connectivity index (χ0) is 13.1. The number of thiocarbonyl (C=S) groups is 1. The zero-order valence-corrected chi connectivity index (χ0v) is 11.3. The van der Waals surface area contributed by atoms with E-state index in [1.807, 2.05) is 0 Å². The molecule has 0 saturated carbocycles.